The minimum atomic E-state index is -0.478. The van der Waals surface area contributed by atoms with Crippen LogP contribution in [0.3, 0.4) is 0 Å². The van der Waals surface area contributed by atoms with Crippen LogP contribution in [-0.4, -0.2) is 18.6 Å². The Balaban J connectivity index is 1.85. The van der Waals surface area contributed by atoms with Crippen LogP contribution in [0.5, 0.6) is 5.75 Å². The maximum Gasteiger partial charge on any atom is 0.247 e. The lowest BCUT2D eigenvalue weighted by atomic mass is 9.88. The third-order valence-electron chi connectivity index (χ3n) is 4.30. The van der Waals surface area contributed by atoms with Crippen LogP contribution in [0.1, 0.15) is 31.0 Å². The van der Waals surface area contributed by atoms with Gasteiger partial charge in [-0.15, -0.1) is 0 Å². The van der Waals surface area contributed by atoms with E-state index in [1.807, 2.05) is 31.2 Å². The van der Waals surface area contributed by atoms with Crippen molar-refractivity contribution < 1.29 is 9.53 Å². The van der Waals surface area contributed by atoms with E-state index in [1.165, 1.54) is 5.56 Å². The van der Waals surface area contributed by atoms with Gasteiger partial charge in [0.2, 0.25) is 5.91 Å². The summed E-state index contributed by atoms with van der Waals surface area (Å²) < 4.78 is 5.45. The summed E-state index contributed by atoms with van der Waals surface area (Å²) in [6, 6.07) is 15.3. The van der Waals surface area contributed by atoms with Crippen molar-refractivity contribution in [2.75, 3.05) is 11.5 Å². The predicted molar refractivity (Wildman–Crippen MR) is 91.6 cm³/mol. The van der Waals surface area contributed by atoms with Gasteiger partial charge >= 0.3 is 0 Å². The summed E-state index contributed by atoms with van der Waals surface area (Å²) in [7, 11) is 0. The lowest BCUT2D eigenvalue weighted by molar-refractivity contribution is -0.126. The number of aryl methyl sites for hydroxylation is 1. The van der Waals surface area contributed by atoms with Crippen molar-refractivity contribution in [1.29, 1.82) is 0 Å². The number of carbonyl (C=O) groups excluding carboxylic acids is 1. The van der Waals surface area contributed by atoms with Crippen molar-refractivity contribution in [3.63, 3.8) is 0 Å². The zero-order chi connectivity index (χ0) is 16.4. The van der Waals surface area contributed by atoms with Crippen LogP contribution in [0.15, 0.2) is 48.5 Å². The lowest BCUT2D eigenvalue weighted by Crippen LogP contribution is -2.63. The molecule has 2 atom stereocenters. The second kappa shape index (κ2) is 6.42. The molecule has 4 nitrogen and oxygen atoms in total. The van der Waals surface area contributed by atoms with Gasteiger partial charge in [-0.1, -0.05) is 31.2 Å². The quantitative estimate of drug-likeness (QED) is 0.864. The van der Waals surface area contributed by atoms with Gasteiger partial charge in [0.15, 0.2) is 0 Å². The summed E-state index contributed by atoms with van der Waals surface area (Å²) in [6.45, 7) is 4.70. The first-order chi connectivity index (χ1) is 11.2. The number of amides is 1. The number of nitrogens with two attached hydrogens (primary N) is 1. The van der Waals surface area contributed by atoms with Gasteiger partial charge in [-0.05, 0) is 48.7 Å². The smallest absolute Gasteiger partial charge is 0.247 e. The van der Waals surface area contributed by atoms with Gasteiger partial charge < -0.3 is 15.4 Å². The Hall–Kier alpha value is -2.33. The van der Waals surface area contributed by atoms with E-state index in [0.717, 1.165) is 23.4 Å². The van der Waals surface area contributed by atoms with Crippen LogP contribution in [0.4, 0.5) is 5.69 Å². The highest BCUT2D eigenvalue weighted by atomic mass is 16.5. The first-order valence-electron chi connectivity index (χ1n) is 8.06. The Bertz CT molecular complexity index is 680. The summed E-state index contributed by atoms with van der Waals surface area (Å²) in [5.74, 6) is 0.760. The second-order valence-electron chi connectivity index (χ2n) is 5.70. The predicted octanol–water partition coefficient (Wildman–Crippen LogP) is 3.06. The molecule has 1 fully saturated rings. The van der Waals surface area contributed by atoms with E-state index < -0.39 is 6.04 Å². The zero-order valence-electron chi connectivity index (χ0n) is 13.5. The number of ether oxygens (including phenoxy) is 1. The first-order valence-corrected chi connectivity index (χ1v) is 8.06. The fourth-order valence-corrected chi connectivity index (χ4v) is 2.98. The van der Waals surface area contributed by atoms with Crippen LogP contribution in [-0.2, 0) is 11.2 Å². The molecular formula is C19H22N2O2. The van der Waals surface area contributed by atoms with Crippen LogP contribution < -0.4 is 15.4 Å². The van der Waals surface area contributed by atoms with Crippen LogP contribution in [0, 0.1) is 0 Å². The number of carbonyl (C=O) groups is 1. The van der Waals surface area contributed by atoms with Crippen molar-refractivity contribution in [2.24, 2.45) is 5.73 Å². The molecule has 2 aromatic rings. The van der Waals surface area contributed by atoms with Crippen LogP contribution in [0.25, 0.3) is 0 Å². The van der Waals surface area contributed by atoms with E-state index in [9.17, 15) is 4.79 Å². The molecule has 3 rings (SSSR count). The Morgan fingerprint density at radius 2 is 1.70 bits per heavy atom. The molecule has 2 aromatic carbocycles. The highest BCUT2D eigenvalue weighted by Gasteiger charge is 2.46. The summed E-state index contributed by atoms with van der Waals surface area (Å²) in [6.07, 6.45) is 0.999. The molecule has 120 valence electrons. The molecule has 1 aliphatic rings. The average molecular weight is 310 g/mol. The Labute approximate surface area is 136 Å². The molecule has 1 amide bonds. The molecule has 0 saturated carbocycles. The van der Waals surface area contributed by atoms with E-state index in [0.29, 0.717) is 6.61 Å². The summed E-state index contributed by atoms with van der Waals surface area (Å²) in [5, 5.41) is 0. The maximum absolute atomic E-state index is 12.2. The van der Waals surface area contributed by atoms with E-state index in [-0.39, 0.29) is 11.9 Å². The Kier molecular flexibility index (Phi) is 4.35. The normalized spacial score (nSPS) is 20.3. The molecule has 0 spiro atoms. The molecule has 4 heteroatoms. The molecule has 1 aliphatic heterocycles. The van der Waals surface area contributed by atoms with Gasteiger partial charge in [0.1, 0.15) is 11.8 Å². The number of benzene rings is 2. The van der Waals surface area contributed by atoms with E-state index in [4.69, 9.17) is 10.5 Å². The Morgan fingerprint density at radius 1 is 1.04 bits per heavy atom. The highest BCUT2D eigenvalue weighted by Crippen LogP contribution is 2.38. The van der Waals surface area contributed by atoms with E-state index in [1.54, 1.807) is 4.90 Å². The van der Waals surface area contributed by atoms with Crippen molar-refractivity contribution in [1.82, 2.24) is 0 Å². The van der Waals surface area contributed by atoms with Crippen molar-refractivity contribution in [3.8, 4) is 5.75 Å². The summed E-state index contributed by atoms with van der Waals surface area (Å²) in [5.41, 5.74) is 9.26. The van der Waals surface area contributed by atoms with Crippen molar-refractivity contribution in [3.05, 3.63) is 59.7 Å². The molecule has 0 radical (unpaired) electrons. The van der Waals surface area contributed by atoms with Gasteiger partial charge in [0.25, 0.3) is 0 Å². The second-order valence-corrected chi connectivity index (χ2v) is 5.70. The van der Waals surface area contributed by atoms with Gasteiger partial charge in [0, 0.05) is 5.69 Å². The molecule has 1 heterocycles. The first kappa shape index (κ1) is 15.6. The molecule has 1 saturated heterocycles. The number of rotatable bonds is 5. The number of hydrogen-bond donors (Lipinski definition) is 1. The average Bonchev–Trinajstić information content (AvgIpc) is 2.60. The van der Waals surface area contributed by atoms with E-state index >= 15 is 0 Å². The van der Waals surface area contributed by atoms with Gasteiger partial charge in [-0.25, -0.2) is 0 Å². The third-order valence-corrected chi connectivity index (χ3v) is 4.30. The number of β-lactam (4-membered cyclic amide) rings is 1. The third kappa shape index (κ3) is 2.82. The summed E-state index contributed by atoms with van der Waals surface area (Å²) in [4.78, 5) is 14.0. The topological polar surface area (TPSA) is 55.6 Å². The molecule has 0 aromatic heterocycles. The largest absolute Gasteiger partial charge is 0.494 e. The monoisotopic (exact) mass is 310 g/mol. The SMILES string of the molecule is CCOc1ccc(N2C(=O)[C@@H](N)[C@@H]2c2ccc(CC)cc2)cc1. The number of hydrogen-bond acceptors (Lipinski definition) is 3. The molecule has 0 bridgehead atoms. The van der Waals surface area contributed by atoms with Crippen molar-refractivity contribution >= 4 is 11.6 Å². The zero-order valence-corrected chi connectivity index (χ0v) is 13.5. The molecule has 0 unspecified atom stereocenters. The van der Waals surface area contributed by atoms with Gasteiger partial charge in [0.05, 0.1) is 12.6 Å². The minimum absolute atomic E-state index is 0.0428. The standard InChI is InChI=1S/C19H22N2O2/c1-3-13-5-7-14(8-6-13)18-17(20)19(22)21(18)15-9-11-16(12-10-15)23-4-2/h5-12,17-18H,3-4,20H2,1-2H3/t17-,18-/m0/s1. The van der Waals surface area contributed by atoms with Crippen LogP contribution in [0.2, 0.25) is 0 Å². The molecular weight excluding hydrogens is 288 g/mol. The molecule has 23 heavy (non-hydrogen) atoms. The Morgan fingerprint density at radius 3 is 2.26 bits per heavy atom. The number of anilines is 1. The minimum Gasteiger partial charge on any atom is -0.494 e. The number of nitrogens with zero attached hydrogens (tertiary/aromatic N) is 1. The lowest BCUT2D eigenvalue weighted by Gasteiger charge is -2.45. The van der Waals surface area contributed by atoms with Gasteiger partial charge in [-0.2, -0.15) is 0 Å². The fourth-order valence-electron chi connectivity index (χ4n) is 2.98. The fraction of sp³-hybridized carbons (Fsp3) is 0.316. The van der Waals surface area contributed by atoms with Crippen LogP contribution >= 0.6 is 0 Å². The van der Waals surface area contributed by atoms with Crippen molar-refractivity contribution in [2.45, 2.75) is 32.4 Å². The summed E-state index contributed by atoms with van der Waals surface area (Å²) >= 11 is 0. The van der Waals surface area contributed by atoms with E-state index in [2.05, 4.69) is 31.2 Å². The molecule has 0 aliphatic carbocycles. The maximum atomic E-state index is 12.2. The highest BCUT2D eigenvalue weighted by molar-refractivity contribution is 6.05. The van der Waals surface area contributed by atoms with Gasteiger partial charge in [-0.3, -0.25) is 4.79 Å². The molecule has 2 N–H and O–H groups in total.